The summed E-state index contributed by atoms with van der Waals surface area (Å²) in [5.74, 6) is -1.08. The van der Waals surface area contributed by atoms with E-state index in [0.717, 1.165) is 19.5 Å². The van der Waals surface area contributed by atoms with Crippen molar-refractivity contribution in [3.05, 3.63) is 71.3 Å². The van der Waals surface area contributed by atoms with Crippen LogP contribution in [0.2, 0.25) is 0 Å². The molecule has 33 heavy (non-hydrogen) atoms. The maximum atomic E-state index is 13.4. The van der Waals surface area contributed by atoms with Gasteiger partial charge in [-0.2, -0.15) is 0 Å². The van der Waals surface area contributed by atoms with Crippen LogP contribution in [0.4, 0.5) is 0 Å². The lowest BCUT2D eigenvalue weighted by molar-refractivity contribution is -0.907. The molecule has 1 amide bonds. The van der Waals surface area contributed by atoms with Crippen molar-refractivity contribution in [2.45, 2.75) is 19.4 Å². The van der Waals surface area contributed by atoms with E-state index in [4.69, 9.17) is 9.47 Å². The maximum Gasteiger partial charge on any atom is 0.295 e. The van der Waals surface area contributed by atoms with Crippen molar-refractivity contribution in [2.75, 3.05) is 46.0 Å². The Morgan fingerprint density at radius 2 is 1.88 bits per heavy atom. The van der Waals surface area contributed by atoms with Crippen LogP contribution in [-0.2, 0) is 14.3 Å². The third kappa shape index (κ3) is 5.10. The molecule has 1 atom stereocenters. The highest BCUT2D eigenvalue weighted by Gasteiger charge is 2.44. The Kier molecular flexibility index (Phi) is 7.42. The Hall–Kier alpha value is -3.16. The van der Waals surface area contributed by atoms with Crippen LogP contribution < -0.4 is 14.7 Å². The fraction of sp³-hybridized carbons (Fsp3) is 0.385. The van der Waals surface area contributed by atoms with Crippen LogP contribution in [0.1, 0.15) is 30.5 Å². The number of likely N-dealkylation sites (tertiary alicyclic amines) is 1. The molecule has 0 spiro atoms. The van der Waals surface area contributed by atoms with Gasteiger partial charge in [0, 0.05) is 5.57 Å². The predicted molar refractivity (Wildman–Crippen MR) is 121 cm³/mol. The molecule has 1 unspecified atom stereocenters. The Morgan fingerprint density at radius 3 is 2.61 bits per heavy atom. The number of ether oxygens (including phenoxy) is 2. The quantitative estimate of drug-likeness (QED) is 0.362. The summed E-state index contributed by atoms with van der Waals surface area (Å²) >= 11 is 0. The van der Waals surface area contributed by atoms with Crippen molar-refractivity contribution in [2.24, 2.45) is 0 Å². The largest absolute Gasteiger partial charge is 0.872 e. The maximum absolute atomic E-state index is 13.4. The van der Waals surface area contributed by atoms with E-state index in [2.05, 4.69) is 0 Å². The van der Waals surface area contributed by atoms with E-state index in [0.29, 0.717) is 49.8 Å². The lowest BCUT2D eigenvalue weighted by Gasteiger charge is -2.30. The molecule has 0 aromatic heterocycles. The van der Waals surface area contributed by atoms with Gasteiger partial charge in [0.05, 0.1) is 39.0 Å². The van der Waals surface area contributed by atoms with Gasteiger partial charge in [-0.25, -0.2) is 0 Å². The molecule has 2 aliphatic rings. The summed E-state index contributed by atoms with van der Waals surface area (Å²) in [4.78, 5) is 29.1. The van der Waals surface area contributed by atoms with E-state index in [1.807, 2.05) is 37.3 Å². The third-order valence-electron chi connectivity index (χ3n) is 6.12. The number of quaternary nitrogens is 1. The Bertz CT molecular complexity index is 1010. The first kappa shape index (κ1) is 23.0. The standard InChI is InChI=1S/C26H30N2O5/c1-2-15-33-21-10-6-9-20(18-21)23-22(24(29)19-7-4-3-5-8-19)25(30)26(31)28(23)12-11-27-13-16-32-17-14-27/h3-10,18,23,29H,2,11-17H2,1H3. The smallest absolute Gasteiger partial charge is 0.295 e. The van der Waals surface area contributed by atoms with Crippen LogP contribution >= 0.6 is 0 Å². The summed E-state index contributed by atoms with van der Waals surface area (Å²) in [6, 6.07) is 15.3. The number of carbonyl (C=O) groups excluding carboxylic acids is 2. The summed E-state index contributed by atoms with van der Waals surface area (Å²) in [5, 5.41) is 13.4. The molecule has 2 heterocycles. The second kappa shape index (κ2) is 10.6. The van der Waals surface area contributed by atoms with Crippen molar-refractivity contribution in [3.63, 3.8) is 0 Å². The Balaban J connectivity index is 1.72. The van der Waals surface area contributed by atoms with Gasteiger partial charge in [-0.05, 0) is 29.7 Å². The number of ketones is 1. The Morgan fingerprint density at radius 1 is 1.12 bits per heavy atom. The van der Waals surface area contributed by atoms with Gasteiger partial charge in [0.15, 0.2) is 0 Å². The SMILES string of the molecule is CCCOc1cccc(C2C(=C([O-])c3ccccc3)C(=O)C(=O)N2CC[NH+]2CCOCC2)c1. The molecule has 4 rings (SSSR count). The molecule has 0 saturated carbocycles. The van der Waals surface area contributed by atoms with E-state index in [9.17, 15) is 14.7 Å². The van der Waals surface area contributed by atoms with Crippen molar-refractivity contribution in [3.8, 4) is 5.75 Å². The fourth-order valence-electron chi connectivity index (χ4n) is 4.38. The number of morpholine rings is 1. The number of nitrogens with zero attached hydrogens (tertiary/aromatic N) is 1. The van der Waals surface area contributed by atoms with Gasteiger partial charge in [0.1, 0.15) is 18.8 Å². The highest BCUT2D eigenvalue weighted by Crippen LogP contribution is 2.39. The van der Waals surface area contributed by atoms with Crippen LogP contribution in [0, 0.1) is 0 Å². The first-order valence-corrected chi connectivity index (χ1v) is 11.6. The van der Waals surface area contributed by atoms with Crippen molar-refractivity contribution >= 4 is 17.4 Å². The summed E-state index contributed by atoms with van der Waals surface area (Å²) in [7, 11) is 0. The zero-order valence-electron chi connectivity index (χ0n) is 18.9. The van der Waals surface area contributed by atoms with Crippen LogP contribution in [0.25, 0.3) is 5.76 Å². The van der Waals surface area contributed by atoms with Gasteiger partial charge in [0.25, 0.3) is 5.91 Å². The molecule has 7 nitrogen and oxygen atoms in total. The molecule has 2 fully saturated rings. The molecule has 2 saturated heterocycles. The van der Waals surface area contributed by atoms with Gasteiger partial charge in [-0.1, -0.05) is 55.1 Å². The number of Topliss-reactive ketones (excluding diaryl/α,β-unsaturated/α-hetero) is 1. The first-order valence-electron chi connectivity index (χ1n) is 11.6. The van der Waals surface area contributed by atoms with Crippen molar-refractivity contribution in [1.29, 1.82) is 0 Å². The predicted octanol–water partition coefficient (Wildman–Crippen LogP) is 0.615. The highest BCUT2D eigenvalue weighted by molar-refractivity contribution is 6.46. The van der Waals surface area contributed by atoms with E-state index in [1.165, 1.54) is 4.90 Å². The van der Waals surface area contributed by atoms with Crippen molar-refractivity contribution < 1.29 is 29.1 Å². The minimum absolute atomic E-state index is 0.0100. The zero-order valence-corrected chi connectivity index (χ0v) is 18.9. The molecule has 174 valence electrons. The van der Waals surface area contributed by atoms with E-state index >= 15 is 0 Å². The summed E-state index contributed by atoms with van der Waals surface area (Å²) < 4.78 is 11.2. The molecule has 7 heteroatoms. The lowest BCUT2D eigenvalue weighted by Crippen LogP contribution is -3.14. The number of nitrogens with one attached hydrogen (secondary N) is 1. The molecular weight excluding hydrogens is 420 g/mol. The molecule has 1 N–H and O–H groups in total. The summed E-state index contributed by atoms with van der Waals surface area (Å²) in [6.07, 6.45) is 0.864. The molecular formula is C26H30N2O5. The van der Waals surface area contributed by atoms with E-state index in [1.54, 1.807) is 29.2 Å². The number of benzene rings is 2. The summed E-state index contributed by atoms with van der Waals surface area (Å²) in [5.41, 5.74) is 1.12. The second-order valence-electron chi connectivity index (χ2n) is 8.37. The Labute approximate surface area is 194 Å². The lowest BCUT2D eigenvalue weighted by atomic mass is 9.95. The first-order chi connectivity index (χ1) is 16.1. The monoisotopic (exact) mass is 450 g/mol. The molecule has 0 bridgehead atoms. The van der Waals surface area contributed by atoms with Crippen LogP contribution in [0.15, 0.2) is 60.2 Å². The van der Waals surface area contributed by atoms with Gasteiger partial charge >= 0.3 is 0 Å². The third-order valence-corrected chi connectivity index (χ3v) is 6.12. The number of carbonyl (C=O) groups is 2. The molecule has 0 radical (unpaired) electrons. The average molecular weight is 451 g/mol. The number of amides is 1. The average Bonchev–Trinajstić information content (AvgIpc) is 3.12. The van der Waals surface area contributed by atoms with Gasteiger partial charge in [0.2, 0.25) is 5.78 Å². The van der Waals surface area contributed by atoms with Crippen LogP contribution in [0.5, 0.6) is 5.75 Å². The zero-order chi connectivity index (χ0) is 23.2. The number of rotatable bonds is 8. The molecule has 0 aliphatic carbocycles. The van der Waals surface area contributed by atoms with Gasteiger partial charge in [-0.3, -0.25) is 9.59 Å². The summed E-state index contributed by atoms with van der Waals surface area (Å²) in [6.45, 7) is 6.77. The van der Waals surface area contributed by atoms with Crippen LogP contribution in [-0.4, -0.2) is 62.6 Å². The highest BCUT2D eigenvalue weighted by atomic mass is 16.5. The molecule has 2 aromatic rings. The van der Waals surface area contributed by atoms with E-state index < -0.39 is 23.5 Å². The normalized spacial score (nSPS) is 20.9. The topological polar surface area (TPSA) is 83.3 Å². The fourth-order valence-corrected chi connectivity index (χ4v) is 4.38. The second-order valence-corrected chi connectivity index (χ2v) is 8.37. The number of hydrogen-bond acceptors (Lipinski definition) is 5. The number of hydrogen-bond donors (Lipinski definition) is 1. The minimum Gasteiger partial charge on any atom is -0.872 e. The minimum atomic E-state index is -0.733. The van der Waals surface area contributed by atoms with E-state index in [-0.39, 0.29) is 5.57 Å². The molecule has 2 aliphatic heterocycles. The van der Waals surface area contributed by atoms with Crippen molar-refractivity contribution in [1.82, 2.24) is 4.90 Å². The van der Waals surface area contributed by atoms with Gasteiger partial charge in [-0.15, -0.1) is 0 Å². The van der Waals surface area contributed by atoms with Gasteiger partial charge < -0.3 is 24.4 Å². The molecule has 2 aromatic carbocycles. The van der Waals surface area contributed by atoms with Crippen LogP contribution in [0.3, 0.4) is 0 Å².